The van der Waals surface area contributed by atoms with Crippen LogP contribution in [0.15, 0.2) is 30.3 Å². The van der Waals surface area contributed by atoms with E-state index in [-0.39, 0.29) is 43.6 Å². The second-order valence-electron chi connectivity index (χ2n) is 11.9. The molecule has 4 atom stereocenters. The highest BCUT2D eigenvalue weighted by molar-refractivity contribution is 5.79. The average Bonchev–Trinajstić information content (AvgIpc) is 3.62. The first-order valence-corrected chi connectivity index (χ1v) is 14.3. The molecule has 8 heteroatoms. The van der Waals surface area contributed by atoms with Crippen molar-refractivity contribution < 1.29 is 13.6 Å². The normalized spacial score (nSPS) is 28.8. The highest BCUT2D eigenvalue weighted by Gasteiger charge is 2.43. The van der Waals surface area contributed by atoms with Crippen molar-refractivity contribution in [1.29, 1.82) is 0 Å². The molecule has 37 heavy (non-hydrogen) atoms. The van der Waals surface area contributed by atoms with Crippen LogP contribution in [0, 0.1) is 12.8 Å². The van der Waals surface area contributed by atoms with Gasteiger partial charge in [0.25, 0.3) is 0 Å². The number of alkyl halides is 2. The van der Waals surface area contributed by atoms with Gasteiger partial charge in [0.1, 0.15) is 11.6 Å². The SMILES string of the molecule is Cc1nnc(C2CC2)n1C1C[C@H]2CC[C@@H](C1)N2CC[C@H](NC(=O)C1CCC(F)(F)CC1)c1ccccc1. The quantitative estimate of drug-likeness (QED) is 0.494. The molecule has 4 aliphatic rings. The minimum atomic E-state index is -2.62. The van der Waals surface area contributed by atoms with E-state index in [0.29, 0.717) is 24.0 Å². The number of carbonyl (C=O) groups excluding carboxylic acids is 1. The van der Waals surface area contributed by atoms with Gasteiger partial charge in [0.2, 0.25) is 11.8 Å². The Morgan fingerprint density at radius 3 is 2.32 bits per heavy atom. The molecule has 0 spiro atoms. The molecule has 1 unspecified atom stereocenters. The average molecular weight is 512 g/mol. The molecule has 200 valence electrons. The van der Waals surface area contributed by atoms with Gasteiger partial charge < -0.3 is 9.88 Å². The summed E-state index contributed by atoms with van der Waals surface area (Å²) >= 11 is 0. The maximum absolute atomic E-state index is 13.6. The standard InChI is InChI=1S/C29H39F2N5O/c1-19-33-34-27(21-7-8-21)36(19)25-17-23-9-10-24(18-25)35(23)16-13-26(20-5-3-2-4-6-20)32-28(37)22-11-14-29(30,31)15-12-22/h2-6,21-26H,7-18H2,1H3,(H,32,37)/t23-,24+,25?,26-/m0/s1. The van der Waals surface area contributed by atoms with Crippen LogP contribution in [0.2, 0.25) is 0 Å². The number of aryl methyl sites for hydroxylation is 1. The maximum atomic E-state index is 13.6. The molecule has 0 radical (unpaired) electrons. The predicted octanol–water partition coefficient (Wildman–Crippen LogP) is 5.70. The van der Waals surface area contributed by atoms with E-state index in [1.165, 1.54) is 31.5 Å². The van der Waals surface area contributed by atoms with E-state index in [1.54, 1.807) is 0 Å². The molecule has 2 saturated carbocycles. The molecule has 4 fully saturated rings. The number of amides is 1. The molecule has 1 N–H and O–H groups in total. The number of fused-ring (bicyclic) bond motifs is 2. The van der Waals surface area contributed by atoms with Gasteiger partial charge in [-0.05, 0) is 70.3 Å². The zero-order chi connectivity index (χ0) is 25.6. The number of piperidine rings is 1. The van der Waals surface area contributed by atoms with E-state index in [1.807, 2.05) is 18.2 Å². The molecule has 6 nitrogen and oxygen atoms in total. The lowest BCUT2D eigenvalue weighted by Gasteiger charge is -2.40. The summed E-state index contributed by atoms with van der Waals surface area (Å²) in [5, 5.41) is 12.2. The smallest absolute Gasteiger partial charge is 0.248 e. The van der Waals surface area contributed by atoms with Gasteiger partial charge in [0.15, 0.2) is 0 Å². The van der Waals surface area contributed by atoms with E-state index in [4.69, 9.17) is 0 Å². The number of nitrogens with one attached hydrogen (secondary N) is 1. The first-order chi connectivity index (χ1) is 17.9. The Balaban J connectivity index is 1.11. The molecule has 6 rings (SSSR count). The van der Waals surface area contributed by atoms with Gasteiger partial charge in [0.05, 0.1) is 6.04 Å². The number of hydrogen-bond acceptors (Lipinski definition) is 4. The largest absolute Gasteiger partial charge is 0.349 e. The lowest BCUT2D eigenvalue weighted by Crippen LogP contribution is -2.45. The third kappa shape index (κ3) is 5.31. The van der Waals surface area contributed by atoms with Crippen LogP contribution >= 0.6 is 0 Å². The lowest BCUT2D eigenvalue weighted by molar-refractivity contribution is -0.130. The number of rotatable bonds is 8. The van der Waals surface area contributed by atoms with Crippen molar-refractivity contribution in [3.05, 3.63) is 47.5 Å². The molecule has 1 aromatic carbocycles. The van der Waals surface area contributed by atoms with E-state index in [2.05, 4.69) is 44.0 Å². The van der Waals surface area contributed by atoms with Gasteiger partial charge >= 0.3 is 0 Å². The lowest BCUT2D eigenvalue weighted by atomic mass is 9.86. The van der Waals surface area contributed by atoms with Crippen LogP contribution in [0.1, 0.15) is 106 Å². The van der Waals surface area contributed by atoms with Crippen molar-refractivity contribution in [3.8, 4) is 0 Å². The van der Waals surface area contributed by atoms with Crippen LogP contribution in [-0.4, -0.2) is 50.1 Å². The molecule has 1 amide bonds. The summed E-state index contributed by atoms with van der Waals surface area (Å²) in [4.78, 5) is 15.8. The van der Waals surface area contributed by atoms with Crippen molar-refractivity contribution in [2.24, 2.45) is 5.92 Å². The molecule has 2 aliphatic carbocycles. The number of carbonyl (C=O) groups is 1. The number of aromatic nitrogens is 3. The highest BCUT2D eigenvalue weighted by atomic mass is 19.3. The van der Waals surface area contributed by atoms with Gasteiger partial charge in [-0.3, -0.25) is 9.69 Å². The van der Waals surface area contributed by atoms with E-state index < -0.39 is 5.92 Å². The van der Waals surface area contributed by atoms with Crippen LogP contribution < -0.4 is 5.32 Å². The van der Waals surface area contributed by atoms with Crippen LogP contribution in [-0.2, 0) is 4.79 Å². The van der Waals surface area contributed by atoms with Crippen molar-refractivity contribution in [2.45, 2.75) is 114 Å². The fourth-order valence-electron chi connectivity index (χ4n) is 7.16. The molecule has 2 aliphatic heterocycles. The Kier molecular flexibility index (Phi) is 6.80. The number of nitrogens with zero attached hydrogens (tertiary/aromatic N) is 4. The summed E-state index contributed by atoms with van der Waals surface area (Å²) < 4.78 is 29.7. The van der Waals surface area contributed by atoms with Crippen LogP contribution in [0.4, 0.5) is 8.78 Å². The first kappa shape index (κ1) is 25.0. The zero-order valence-corrected chi connectivity index (χ0v) is 21.8. The fourth-order valence-corrected chi connectivity index (χ4v) is 7.16. The van der Waals surface area contributed by atoms with Gasteiger partial charge in [-0.2, -0.15) is 0 Å². The van der Waals surface area contributed by atoms with E-state index >= 15 is 0 Å². The van der Waals surface area contributed by atoms with Crippen molar-refractivity contribution >= 4 is 5.91 Å². The summed E-state index contributed by atoms with van der Waals surface area (Å²) in [5.74, 6) is -0.157. The molecule has 2 saturated heterocycles. The molecule has 3 heterocycles. The van der Waals surface area contributed by atoms with E-state index in [0.717, 1.165) is 37.2 Å². The zero-order valence-electron chi connectivity index (χ0n) is 21.8. The Bertz CT molecular complexity index is 1080. The van der Waals surface area contributed by atoms with Crippen molar-refractivity contribution in [3.63, 3.8) is 0 Å². The third-order valence-electron chi connectivity index (χ3n) is 9.34. The minimum absolute atomic E-state index is 0.0679. The van der Waals surface area contributed by atoms with Gasteiger partial charge in [0, 0.05) is 49.3 Å². The predicted molar refractivity (Wildman–Crippen MR) is 137 cm³/mol. The van der Waals surface area contributed by atoms with E-state index in [9.17, 15) is 13.6 Å². The van der Waals surface area contributed by atoms with Gasteiger partial charge in [-0.15, -0.1) is 10.2 Å². The number of benzene rings is 1. The van der Waals surface area contributed by atoms with Crippen LogP contribution in [0.5, 0.6) is 0 Å². The molecule has 2 bridgehead atoms. The van der Waals surface area contributed by atoms with Crippen molar-refractivity contribution in [1.82, 2.24) is 25.0 Å². The summed E-state index contributed by atoms with van der Waals surface area (Å²) in [6.07, 6.45) is 8.17. The highest BCUT2D eigenvalue weighted by Crippen LogP contribution is 2.45. The van der Waals surface area contributed by atoms with Gasteiger partial charge in [-0.25, -0.2) is 8.78 Å². The molecule has 1 aromatic heterocycles. The Hall–Kier alpha value is -2.35. The topological polar surface area (TPSA) is 63.1 Å². The van der Waals surface area contributed by atoms with Crippen molar-refractivity contribution in [2.75, 3.05) is 6.54 Å². The maximum Gasteiger partial charge on any atom is 0.248 e. The molecular weight excluding hydrogens is 472 g/mol. The third-order valence-corrected chi connectivity index (χ3v) is 9.34. The Labute approximate surface area is 218 Å². The number of halogens is 2. The number of hydrogen-bond donors (Lipinski definition) is 1. The molecule has 2 aromatic rings. The summed E-state index contributed by atoms with van der Waals surface area (Å²) in [6.45, 7) is 3.02. The second-order valence-corrected chi connectivity index (χ2v) is 11.9. The monoisotopic (exact) mass is 511 g/mol. The fraction of sp³-hybridized carbons (Fsp3) is 0.690. The van der Waals surface area contributed by atoms with Crippen LogP contribution in [0.3, 0.4) is 0 Å². The summed E-state index contributed by atoms with van der Waals surface area (Å²) in [7, 11) is 0. The van der Waals surface area contributed by atoms with Gasteiger partial charge in [-0.1, -0.05) is 30.3 Å². The minimum Gasteiger partial charge on any atom is -0.349 e. The van der Waals surface area contributed by atoms with Crippen LogP contribution in [0.25, 0.3) is 0 Å². The summed E-state index contributed by atoms with van der Waals surface area (Å²) in [5.41, 5.74) is 1.09. The Morgan fingerprint density at radius 2 is 1.68 bits per heavy atom. The second kappa shape index (κ2) is 10.1. The molecular formula is C29H39F2N5O. The summed E-state index contributed by atoms with van der Waals surface area (Å²) in [6, 6.07) is 11.6. The Morgan fingerprint density at radius 1 is 1.00 bits per heavy atom. The first-order valence-electron chi connectivity index (χ1n) is 14.3.